The van der Waals surface area contributed by atoms with E-state index >= 15 is 0 Å². The Morgan fingerprint density at radius 1 is 0.296 bits per heavy atom. The Hall–Kier alpha value is -6.74. The number of thiophene rings is 1. The molecule has 0 unspecified atom stereocenters. The molecule has 0 radical (unpaired) electrons. The summed E-state index contributed by atoms with van der Waals surface area (Å²) in [5.41, 5.74) is 8.25. The third-order valence-corrected chi connectivity index (χ3v) is 12.2. The lowest BCUT2D eigenvalue weighted by molar-refractivity contribution is 1.30. The third-order valence-electron chi connectivity index (χ3n) is 11.0. The van der Waals surface area contributed by atoms with Crippen LogP contribution in [-0.2, 0) is 0 Å². The van der Waals surface area contributed by atoms with Gasteiger partial charge in [0.1, 0.15) is 0 Å². The average molecular weight is 704 g/mol. The highest BCUT2D eigenvalue weighted by Crippen LogP contribution is 2.46. The fourth-order valence-electron chi connectivity index (χ4n) is 8.42. The molecule has 0 N–H and O–H groups in total. The van der Waals surface area contributed by atoms with Crippen molar-refractivity contribution < 1.29 is 0 Å². The molecule has 10 aromatic carbocycles. The zero-order valence-corrected chi connectivity index (χ0v) is 30.2. The maximum absolute atomic E-state index is 2.44. The molecule has 0 saturated heterocycles. The minimum Gasteiger partial charge on any atom is -0.309 e. The van der Waals surface area contributed by atoms with Crippen molar-refractivity contribution in [3.05, 3.63) is 200 Å². The monoisotopic (exact) mass is 703 g/mol. The van der Waals surface area contributed by atoms with Crippen LogP contribution in [0.15, 0.2) is 200 Å². The number of anilines is 3. The maximum Gasteiger partial charge on any atom is 0.0640 e. The van der Waals surface area contributed by atoms with E-state index in [9.17, 15) is 0 Å². The van der Waals surface area contributed by atoms with Gasteiger partial charge in [0.15, 0.2) is 0 Å². The van der Waals surface area contributed by atoms with Gasteiger partial charge in [0.2, 0.25) is 0 Å². The molecular formula is C52H33NS. The summed E-state index contributed by atoms with van der Waals surface area (Å²) >= 11 is 1.87. The standard InChI is InChI=1S/C52H33NS/c1-2-12-36-31-38(24-23-34(36)11-1)37-13-9-14-41(32-37)53(50-21-10-20-48-47-19-7-8-22-51(47)54-52(48)50)40-28-25-35(26-29-40)39-27-30-46-44-17-4-3-15-42(44)43-16-5-6-18-45(43)49(46)33-39/h1-33H. The molecule has 1 nitrogen and oxygen atoms in total. The van der Waals surface area contributed by atoms with Gasteiger partial charge in [-0.1, -0.05) is 152 Å². The SMILES string of the molecule is c1cc(-c2ccc3ccccc3c2)cc(N(c2ccc(-c3ccc4c5ccccc5c5ccccc5c4c3)cc2)c2cccc3c2sc2ccccc23)c1. The molecule has 1 aromatic heterocycles. The van der Waals surface area contributed by atoms with Crippen molar-refractivity contribution >= 4 is 91.7 Å². The fraction of sp³-hybridized carbons (Fsp3) is 0. The van der Waals surface area contributed by atoms with Crippen LogP contribution in [0.25, 0.3) is 85.5 Å². The largest absolute Gasteiger partial charge is 0.309 e. The number of benzene rings is 10. The maximum atomic E-state index is 2.44. The molecular weight excluding hydrogens is 671 g/mol. The van der Waals surface area contributed by atoms with E-state index in [1.54, 1.807) is 0 Å². The minimum absolute atomic E-state index is 1.12. The zero-order chi connectivity index (χ0) is 35.6. The Balaban J connectivity index is 1.06. The van der Waals surface area contributed by atoms with Crippen LogP contribution in [0.3, 0.4) is 0 Å². The van der Waals surface area contributed by atoms with E-state index in [1.165, 1.54) is 91.2 Å². The van der Waals surface area contributed by atoms with E-state index in [2.05, 4.69) is 205 Å². The molecule has 0 fully saturated rings. The average Bonchev–Trinajstić information content (AvgIpc) is 3.63. The van der Waals surface area contributed by atoms with Crippen LogP contribution in [-0.4, -0.2) is 0 Å². The van der Waals surface area contributed by atoms with Gasteiger partial charge >= 0.3 is 0 Å². The number of hydrogen-bond donors (Lipinski definition) is 0. The first-order valence-corrected chi connectivity index (χ1v) is 19.3. The first-order chi connectivity index (χ1) is 26.8. The molecule has 11 rings (SSSR count). The molecule has 2 heteroatoms. The van der Waals surface area contributed by atoms with Crippen LogP contribution in [0.4, 0.5) is 17.1 Å². The highest BCUT2D eigenvalue weighted by molar-refractivity contribution is 7.26. The Bertz CT molecular complexity index is 3190. The van der Waals surface area contributed by atoms with Crippen LogP contribution >= 0.6 is 11.3 Å². The van der Waals surface area contributed by atoms with Gasteiger partial charge in [0.25, 0.3) is 0 Å². The lowest BCUT2D eigenvalue weighted by Gasteiger charge is -2.27. The first kappa shape index (κ1) is 30.8. The van der Waals surface area contributed by atoms with Crippen molar-refractivity contribution in [3.63, 3.8) is 0 Å². The number of hydrogen-bond acceptors (Lipinski definition) is 2. The van der Waals surface area contributed by atoms with Gasteiger partial charge in [0, 0.05) is 26.8 Å². The molecule has 1 heterocycles. The molecule has 0 bridgehead atoms. The molecule has 0 spiro atoms. The number of rotatable bonds is 5. The topological polar surface area (TPSA) is 3.24 Å². The van der Waals surface area contributed by atoms with Gasteiger partial charge < -0.3 is 4.90 Å². The molecule has 11 aromatic rings. The summed E-state index contributed by atoms with van der Waals surface area (Å²) in [5.74, 6) is 0. The summed E-state index contributed by atoms with van der Waals surface area (Å²) in [5, 5.41) is 12.9. The molecule has 0 aliphatic carbocycles. The molecule has 0 atom stereocenters. The fourth-order valence-corrected chi connectivity index (χ4v) is 9.63. The second-order valence-electron chi connectivity index (χ2n) is 14.1. The number of fused-ring (bicyclic) bond motifs is 10. The molecule has 54 heavy (non-hydrogen) atoms. The molecule has 252 valence electrons. The van der Waals surface area contributed by atoms with E-state index in [0.29, 0.717) is 0 Å². The molecule has 0 aliphatic heterocycles. The normalized spacial score (nSPS) is 11.7. The van der Waals surface area contributed by atoms with Crippen LogP contribution in [0, 0.1) is 0 Å². The van der Waals surface area contributed by atoms with Gasteiger partial charge in [-0.2, -0.15) is 0 Å². The van der Waals surface area contributed by atoms with Crippen molar-refractivity contribution in [2.45, 2.75) is 0 Å². The Kier molecular flexibility index (Phi) is 7.11. The highest BCUT2D eigenvalue weighted by atomic mass is 32.1. The quantitative estimate of drug-likeness (QED) is 0.161. The summed E-state index contributed by atoms with van der Waals surface area (Å²) in [6.07, 6.45) is 0. The van der Waals surface area contributed by atoms with Crippen LogP contribution < -0.4 is 4.90 Å². The summed E-state index contributed by atoms with van der Waals surface area (Å²) in [7, 11) is 0. The molecule has 0 saturated carbocycles. The van der Waals surface area contributed by atoms with E-state index in [-0.39, 0.29) is 0 Å². The zero-order valence-electron chi connectivity index (χ0n) is 29.4. The highest BCUT2D eigenvalue weighted by Gasteiger charge is 2.19. The summed E-state index contributed by atoms with van der Waals surface area (Å²) in [6, 6.07) is 73.5. The molecule has 0 amide bonds. The Labute approximate surface area is 317 Å². The smallest absolute Gasteiger partial charge is 0.0640 e. The minimum atomic E-state index is 1.12. The predicted molar refractivity (Wildman–Crippen MR) is 235 cm³/mol. The lowest BCUT2D eigenvalue weighted by Crippen LogP contribution is -2.10. The van der Waals surface area contributed by atoms with E-state index < -0.39 is 0 Å². The second kappa shape index (κ2) is 12.4. The Morgan fingerprint density at radius 2 is 0.852 bits per heavy atom. The van der Waals surface area contributed by atoms with Gasteiger partial charge in [-0.05, 0) is 114 Å². The van der Waals surface area contributed by atoms with E-state index in [1.807, 2.05) is 11.3 Å². The van der Waals surface area contributed by atoms with E-state index in [4.69, 9.17) is 0 Å². The first-order valence-electron chi connectivity index (χ1n) is 18.5. The van der Waals surface area contributed by atoms with Crippen LogP contribution in [0.5, 0.6) is 0 Å². The van der Waals surface area contributed by atoms with Gasteiger partial charge in [-0.3, -0.25) is 0 Å². The van der Waals surface area contributed by atoms with Crippen molar-refractivity contribution in [2.75, 3.05) is 4.90 Å². The summed E-state index contributed by atoms with van der Waals surface area (Å²) < 4.78 is 2.59. The van der Waals surface area contributed by atoms with Gasteiger partial charge in [-0.25, -0.2) is 0 Å². The summed E-state index contributed by atoms with van der Waals surface area (Å²) in [6.45, 7) is 0. The second-order valence-corrected chi connectivity index (χ2v) is 15.2. The Morgan fingerprint density at radius 3 is 1.63 bits per heavy atom. The van der Waals surface area contributed by atoms with Gasteiger partial charge in [-0.15, -0.1) is 11.3 Å². The third kappa shape index (κ3) is 4.99. The predicted octanol–water partition coefficient (Wildman–Crippen LogP) is 15.5. The van der Waals surface area contributed by atoms with Gasteiger partial charge in [0.05, 0.1) is 10.4 Å². The van der Waals surface area contributed by atoms with Crippen molar-refractivity contribution in [2.24, 2.45) is 0 Å². The van der Waals surface area contributed by atoms with Crippen LogP contribution in [0.1, 0.15) is 0 Å². The molecule has 0 aliphatic rings. The van der Waals surface area contributed by atoms with Crippen molar-refractivity contribution in [3.8, 4) is 22.3 Å². The van der Waals surface area contributed by atoms with Crippen LogP contribution in [0.2, 0.25) is 0 Å². The lowest BCUT2D eigenvalue weighted by atomic mass is 9.92. The van der Waals surface area contributed by atoms with Crippen molar-refractivity contribution in [1.29, 1.82) is 0 Å². The van der Waals surface area contributed by atoms with E-state index in [0.717, 1.165) is 11.4 Å². The summed E-state index contributed by atoms with van der Waals surface area (Å²) in [4.78, 5) is 2.44. The van der Waals surface area contributed by atoms with Crippen molar-refractivity contribution in [1.82, 2.24) is 0 Å². The number of nitrogens with zero attached hydrogens (tertiary/aromatic N) is 1.